The second-order valence-corrected chi connectivity index (χ2v) is 3.84. The first kappa shape index (κ1) is 10.5. The van der Waals surface area contributed by atoms with Crippen molar-refractivity contribution in [3.05, 3.63) is 60.3 Å². The molecule has 0 saturated carbocycles. The normalized spacial score (nSPS) is 10.4. The van der Waals surface area contributed by atoms with Crippen molar-refractivity contribution in [3.63, 3.8) is 0 Å². The minimum Gasteiger partial charge on any atom is -0.423 e. The maximum absolute atomic E-state index is 12.1. The van der Waals surface area contributed by atoms with Gasteiger partial charge in [-0.2, -0.15) is 5.10 Å². The number of carbonyl (C=O) groups excluding carboxylic acids is 1. The van der Waals surface area contributed by atoms with Gasteiger partial charge in [0.05, 0.1) is 17.3 Å². The number of carbonyl (C=O) groups is 1. The number of fused-ring (bicyclic) bond motifs is 1. The van der Waals surface area contributed by atoms with E-state index < -0.39 is 5.97 Å². The first-order chi connectivity index (χ1) is 8.84. The zero-order chi connectivity index (χ0) is 12.4. The number of ether oxygens (including phenoxy) is 1. The van der Waals surface area contributed by atoms with Crippen molar-refractivity contribution in [1.82, 2.24) is 10.2 Å². The van der Waals surface area contributed by atoms with Gasteiger partial charge in [-0.3, -0.25) is 5.10 Å². The number of H-pyrrole nitrogens is 1. The number of nitrogens with one attached hydrogen (secondary N) is 1. The zero-order valence-corrected chi connectivity index (χ0v) is 9.46. The van der Waals surface area contributed by atoms with Crippen LogP contribution >= 0.6 is 0 Å². The molecular weight excluding hydrogens is 228 g/mol. The van der Waals surface area contributed by atoms with Crippen molar-refractivity contribution in [3.8, 4) is 5.75 Å². The van der Waals surface area contributed by atoms with Crippen LogP contribution < -0.4 is 4.74 Å². The summed E-state index contributed by atoms with van der Waals surface area (Å²) in [5, 5.41) is 7.61. The van der Waals surface area contributed by atoms with Gasteiger partial charge in [-0.1, -0.05) is 30.3 Å². The lowest BCUT2D eigenvalue weighted by molar-refractivity contribution is 0.0736. The Balaban J connectivity index is 1.95. The lowest BCUT2D eigenvalue weighted by Crippen LogP contribution is -2.08. The Hall–Kier alpha value is -2.62. The first-order valence-corrected chi connectivity index (χ1v) is 5.54. The molecule has 0 spiro atoms. The fourth-order valence-corrected chi connectivity index (χ4v) is 1.79. The largest absolute Gasteiger partial charge is 0.423 e. The van der Waals surface area contributed by atoms with Gasteiger partial charge < -0.3 is 4.74 Å². The molecule has 0 unspecified atom stereocenters. The maximum atomic E-state index is 12.1. The summed E-state index contributed by atoms with van der Waals surface area (Å²) in [7, 11) is 0. The van der Waals surface area contributed by atoms with E-state index in [1.54, 1.807) is 30.5 Å². The van der Waals surface area contributed by atoms with Crippen LogP contribution in [0, 0.1) is 0 Å². The van der Waals surface area contributed by atoms with E-state index in [1.807, 2.05) is 24.3 Å². The van der Waals surface area contributed by atoms with Crippen molar-refractivity contribution in [1.29, 1.82) is 0 Å². The smallest absolute Gasteiger partial charge is 0.345 e. The second-order valence-electron chi connectivity index (χ2n) is 3.84. The third-order valence-electron chi connectivity index (χ3n) is 2.65. The molecule has 0 saturated heterocycles. The lowest BCUT2D eigenvalue weighted by Gasteiger charge is -2.04. The van der Waals surface area contributed by atoms with Crippen LogP contribution in [-0.2, 0) is 0 Å². The van der Waals surface area contributed by atoms with Gasteiger partial charge in [0.1, 0.15) is 5.75 Å². The minimum absolute atomic E-state index is 0.393. The molecule has 0 aliphatic carbocycles. The van der Waals surface area contributed by atoms with Gasteiger partial charge >= 0.3 is 5.97 Å². The summed E-state index contributed by atoms with van der Waals surface area (Å²) in [6, 6.07) is 14.4. The Bertz CT molecular complexity index is 689. The number of aromatic amines is 1. The molecule has 0 radical (unpaired) electrons. The molecule has 0 fully saturated rings. The topological polar surface area (TPSA) is 55.0 Å². The van der Waals surface area contributed by atoms with E-state index in [9.17, 15) is 4.79 Å². The first-order valence-electron chi connectivity index (χ1n) is 5.54. The quantitative estimate of drug-likeness (QED) is 0.551. The number of benzene rings is 2. The third-order valence-corrected chi connectivity index (χ3v) is 2.65. The van der Waals surface area contributed by atoms with Gasteiger partial charge in [0.15, 0.2) is 0 Å². The second kappa shape index (κ2) is 4.33. The number of aromatic nitrogens is 2. The van der Waals surface area contributed by atoms with Crippen molar-refractivity contribution >= 4 is 16.9 Å². The highest BCUT2D eigenvalue weighted by atomic mass is 16.5. The summed E-state index contributed by atoms with van der Waals surface area (Å²) < 4.78 is 5.29. The molecule has 1 N–H and O–H groups in total. The van der Waals surface area contributed by atoms with E-state index in [0.717, 1.165) is 5.39 Å². The minimum atomic E-state index is -0.393. The predicted octanol–water partition coefficient (Wildman–Crippen LogP) is 2.78. The Morgan fingerprint density at radius 1 is 1.06 bits per heavy atom. The number of rotatable bonds is 2. The molecule has 0 aliphatic rings. The summed E-state index contributed by atoms with van der Waals surface area (Å²) in [4.78, 5) is 12.1. The number of nitrogens with zero attached hydrogens (tertiary/aromatic N) is 1. The molecule has 0 amide bonds. The van der Waals surface area contributed by atoms with Crippen LogP contribution in [0.1, 0.15) is 10.4 Å². The molecule has 2 aromatic carbocycles. The predicted molar refractivity (Wildman–Crippen MR) is 67.5 cm³/mol. The molecule has 4 nitrogen and oxygen atoms in total. The summed E-state index contributed by atoms with van der Waals surface area (Å²) in [5.41, 5.74) is 1.17. The standard InChI is InChI=1S/C14H10N2O2/c17-14(18-11-6-2-1-3-7-11)12-8-4-5-10-9-15-16-13(10)12/h1-9H,(H,15,16). The fraction of sp³-hybridized carbons (Fsp3) is 0. The van der Waals surface area contributed by atoms with Crippen LogP contribution in [0.15, 0.2) is 54.7 Å². The van der Waals surface area contributed by atoms with Crippen LogP contribution in [0.25, 0.3) is 10.9 Å². The van der Waals surface area contributed by atoms with Gasteiger partial charge in [0.25, 0.3) is 0 Å². The SMILES string of the molecule is O=C(Oc1ccccc1)c1cccc2cn[nH]c12. The van der Waals surface area contributed by atoms with E-state index >= 15 is 0 Å². The Morgan fingerprint density at radius 2 is 1.89 bits per heavy atom. The molecule has 18 heavy (non-hydrogen) atoms. The molecule has 4 heteroatoms. The molecule has 1 aromatic heterocycles. The lowest BCUT2D eigenvalue weighted by atomic mass is 10.1. The van der Waals surface area contributed by atoms with E-state index in [4.69, 9.17) is 4.74 Å². The van der Waals surface area contributed by atoms with Gasteiger partial charge in [-0.25, -0.2) is 4.79 Å². The highest BCUT2D eigenvalue weighted by Gasteiger charge is 2.13. The van der Waals surface area contributed by atoms with Crippen molar-refractivity contribution < 1.29 is 9.53 Å². The van der Waals surface area contributed by atoms with Crippen LogP contribution in [-0.4, -0.2) is 16.2 Å². The van der Waals surface area contributed by atoms with Crippen molar-refractivity contribution in [2.75, 3.05) is 0 Å². The summed E-state index contributed by atoms with van der Waals surface area (Å²) in [5.74, 6) is 0.134. The van der Waals surface area contributed by atoms with E-state index in [-0.39, 0.29) is 0 Å². The monoisotopic (exact) mass is 238 g/mol. The summed E-state index contributed by atoms with van der Waals surface area (Å²) in [6.07, 6.45) is 1.68. The molecule has 3 rings (SSSR count). The maximum Gasteiger partial charge on any atom is 0.345 e. The highest BCUT2D eigenvalue weighted by molar-refractivity contribution is 6.03. The number of hydrogen-bond acceptors (Lipinski definition) is 3. The average Bonchev–Trinajstić information content (AvgIpc) is 2.87. The van der Waals surface area contributed by atoms with E-state index in [2.05, 4.69) is 10.2 Å². The molecule has 0 bridgehead atoms. The number of para-hydroxylation sites is 2. The molecule has 0 aliphatic heterocycles. The van der Waals surface area contributed by atoms with Crippen LogP contribution in [0.3, 0.4) is 0 Å². The number of esters is 1. The Labute approximate surface area is 103 Å². The van der Waals surface area contributed by atoms with Crippen LogP contribution in [0.4, 0.5) is 0 Å². The Morgan fingerprint density at radius 3 is 2.72 bits per heavy atom. The number of hydrogen-bond donors (Lipinski definition) is 1. The van der Waals surface area contributed by atoms with Gasteiger partial charge in [-0.05, 0) is 18.2 Å². The van der Waals surface area contributed by atoms with Crippen LogP contribution in [0.5, 0.6) is 5.75 Å². The van der Waals surface area contributed by atoms with Crippen LogP contribution in [0.2, 0.25) is 0 Å². The van der Waals surface area contributed by atoms with Crippen molar-refractivity contribution in [2.45, 2.75) is 0 Å². The summed E-state index contributed by atoms with van der Waals surface area (Å²) in [6.45, 7) is 0. The van der Waals surface area contributed by atoms with E-state index in [1.165, 1.54) is 0 Å². The molecule has 88 valence electrons. The highest BCUT2D eigenvalue weighted by Crippen LogP contribution is 2.18. The molecule has 3 aromatic rings. The molecule has 0 atom stereocenters. The Kier molecular flexibility index (Phi) is 2.53. The molecule has 1 heterocycles. The van der Waals surface area contributed by atoms with Gasteiger partial charge in [0, 0.05) is 5.39 Å². The fourth-order valence-electron chi connectivity index (χ4n) is 1.79. The average molecular weight is 238 g/mol. The van der Waals surface area contributed by atoms with Gasteiger partial charge in [-0.15, -0.1) is 0 Å². The zero-order valence-electron chi connectivity index (χ0n) is 9.46. The van der Waals surface area contributed by atoms with Gasteiger partial charge in [0.2, 0.25) is 0 Å². The van der Waals surface area contributed by atoms with Crippen molar-refractivity contribution in [2.24, 2.45) is 0 Å². The van der Waals surface area contributed by atoms with E-state index in [0.29, 0.717) is 16.8 Å². The third kappa shape index (κ3) is 1.84. The summed E-state index contributed by atoms with van der Waals surface area (Å²) >= 11 is 0. The molecular formula is C14H10N2O2.